The third-order valence-electron chi connectivity index (χ3n) is 4.73. The fraction of sp³-hybridized carbons (Fsp3) is 0.500. The molecule has 2 N–H and O–H groups in total. The lowest BCUT2D eigenvalue weighted by Gasteiger charge is -2.24. The molecule has 0 bridgehead atoms. The monoisotopic (exact) mass is 385 g/mol. The Morgan fingerprint density at radius 1 is 0.893 bits per heavy atom. The fourth-order valence-corrected chi connectivity index (χ4v) is 3.31. The molecular weight excluding hydrogens is 350 g/mol. The summed E-state index contributed by atoms with van der Waals surface area (Å²) in [7, 11) is 0. The second kappa shape index (κ2) is 11.0. The summed E-state index contributed by atoms with van der Waals surface area (Å²) in [4.78, 5) is 0. The third kappa shape index (κ3) is 7.08. The molecular formula is C24H35NO3. The molecule has 0 heterocycles. The number of para-hydroxylation sites is 1. The first-order valence-electron chi connectivity index (χ1n) is 10.2. The highest BCUT2D eigenvalue weighted by Crippen LogP contribution is 2.34. The minimum Gasteiger partial charge on any atom is -0.491 e. The van der Waals surface area contributed by atoms with Crippen molar-refractivity contribution >= 4 is 5.69 Å². The second-order valence-corrected chi connectivity index (χ2v) is 8.00. The minimum absolute atomic E-state index is 0.399. The second-order valence-electron chi connectivity index (χ2n) is 8.00. The van der Waals surface area contributed by atoms with Crippen molar-refractivity contribution in [2.75, 3.05) is 18.9 Å². The normalized spacial score (nSPS) is 13.5. The summed E-state index contributed by atoms with van der Waals surface area (Å²) in [6.07, 6.45) is 0.752. The van der Waals surface area contributed by atoms with Gasteiger partial charge in [0.25, 0.3) is 0 Å². The summed E-state index contributed by atoms with van der Waals surface area (Å²) in [5, 5.41) is 0. The molecule has 0 radical (unpaired) electrons. The van der Waals surface area contributed by atoms with Gasteiger partial charge in [0, 0.05) is 0 Å². The van der Waals surface area contributed by atoms with E-state index in [0.29, 0.717) is 42.4 Å². The van der Waals surface area contributed by atoms with Gasteiger partial charge in [-0.1, -0.05) is 52.0 Å². The van der Waals surface area contributed by atoms with Crippen LogP contribution >= 0.6 is 0 Å². The van der Waals surface area contributed by atoms with Gasteiger partial charge in [0.2, 0.25) is 0 Å². The van der Waals surface area contributed by atoms with E-state index < -0.39 is 6.29 Å². The Morgan fingerprint density at radius 2 is 1.61 bits per heavy atom. The summed E-state index contributed by atoms with van der Waals surface area (Å²) in [6, 6.07) is 15.8. The van der Waals surface area contributed by atoms with Gasteiger partial charge in [-0.15, -0.1) is 0 Å². The van der Waals surface area contributed by atoms with Gasteiger partial charge in [0.15, 0.2) is 6.29 Å². The quantitative estimate of drug-likeness (QED) is 0.298. The molecule has 2 rings (SSSR count). The number of hydrogen-bond donors (Lipinski definition) is 1. The zero-order chi connectivity index (χ0) is 20.5. The van der Waals surface area contributed by atoms with E-state index in [0.717, 1.165) is 12.2 Å². The topological polar surface area (TPSA) is 53.7 Å². The average molecular weight is 386 g/mol. The molecule has 28 heavy (non-hydrogen) atoms. The van der Waals surface area contributed by atoms with Crippen LogP contribution in [0.25, 0.3) is 0 Å². The van der Waals surface area contributed by atoms with E-state index in [1.807, 2.05) is 49.4 Å². The number of benzene rings is 2. The van der Waals surface area contributed by atoms with Crippen LogP contribution in [-0.2, 0) is 4.74 Å². The summed E-state index contributed by atoms with van der Waals surface area (Å²) < 4.78 is 17.2. The molecule has 154 valence electrons. The minimum atomic E-state index is -0.399. The predicted molar refractivity (Wildman–Crippen MR) is 116 cm³/mol. The van der Waals surface area contributed by atoms with Gasteiger partial charge in [0.1, 0.15) is 18.1 Å². The standard InChI is InChI=1S/C24H35NO3/c1-17(2)15-22(18(3)4)20-11-12-24(23(25)16-20)28-19(5)26-13-14-27-21-9-7-6-8-10-21/h6-12,16-19,22H,13-15,25H2,1-5H3. The summed E-state index contributed by atoms with van der Waals surface area (Å²) in [5.74, 6) is 3.21. The van der Waals surface area contributed by atoms with Gasteiger partial charge in [0.05, 0.1) is 12.3 Å². The van der Waals surface area contributed by atoms with E-state index in [9.17, 15) is 0 Å². The summed E-state index contributed by atoms with van der Waals surface area (Å²) >= 11 is 0. The van der Waals surface area contributed by atoms with Crippen molar-refractivity contribution in [2.24, 2.45) is 11.8 Å². The highest BCUT2D eigenvalue weighted by Gasteiger charge is 2.19. The molecule has 0 aliphatic carbocycles. The molecule has 2 aromatic carbocycles. The SMILES string of the molecule is CC(C)CC(c1ccc(OC(C)OCCOc2ccccc2)c(N)c1)C(C)C. The van der Waals surface area contributed by atoms with Gasteiger partial charge in [-0.25, -0.2) is 0 Å². The Balaban J connectivity index is 1.85. The average Bonchev–Trinajstić information content (AvgIpc) is 2.65. The van der Waals surface area contributed by atoms with E-state index in [2.05, 4.69) is 33.8 Å². The predicted octanol–water partition coefficient (Wildman–Crippen LogP) is 5.87. The van der Waals surface area contributed by atoms with Gasteiger partial charge >= 0.3 is 0 Å². The van der Waals surface area contributed by atoms with Crippen LogP contribution in [0.1, 0.15) is 52.5 Å². The molecule has 4 heteroatoms. The van der Waals surface area contributed by atoms with E-state index in [4.69, 9.17) is 19.9 Å². The zero-order valence-corrected chi connectivity index (χ0v) is 17.9. The fourth-order valence-electron chi connectivity index (χ4n) is 3.31. The summed E-state index contributed by atoms with van der Waals surface area (Å²) in [5.41, 5.74) is 8.20. The molecule has 4 nitrogen and oxygen atoms in total. The lowest BCUT2D eigenvalue weighted by atomic mass is 9.82. The van der Waals surface area contributed by atoms with Crippen LogP contribution in [0, 0.1) is 11.8 Å². The number of nitrogens with two attached hydrogens (primary N) is 1. The maximum absolute atomic E-state index is 6.26. The maximum Gasteiger partial charge on any atom is 0.197 e. The highest BCUT2D eigenvalue weighted by atomic mass is 16.7. The maximum atomic E-state index is 6.26. The lowest BCUT2D eigenvalue weighted by molar-refractivity contribution is -0.0735. The number of hydrogen-bond acceptors (Lipinski definition) is 4. The lowest BCUT2D eigenvalue weighted by Crippen LogP contribution is -2.20. The largest absolute Gasteiger partial charge is 0.491 e. The molecule has 0 aliphatic heterocycles. The van der Waals surface area contributed by atoms with E-state index >= 15 is 0 Å². The molecule has 2 atom stereocenters. The zero-order valence-electron chi connectivity index (χ0n) is 17.9. The van der Waals surface area contributed by atoms with Crippen molar-refractivity contribution in [3.63, 3.8) is 0 Å². The molecule has 0 aromatic heterocycles. The molecule has 0 saturated carbocycles. The van der Waals surface area contributed by atoms with Crippen molar-refractivity contribution in [2.45, 2.75) is 53.2 Å². The number of rotatable bonds is 11. The Morgan fingerprint density at radius 3 is 2.21 bits per heavy atom. The molecule has 0 fully saturated rings. The van der Waals surface area contributed by atoms with Gasteiger partial charge < -0.3 is 19.9 Å². The molecule has 0 spiro atoms. The Hall–Kier alpha value is -2.20. The number of nitrogen functional groups attached to an aromatic ring is 1. The van der Waals surface area contributed by atoms with Crippen molar-refractivity contribution in [3.8, 4) is 11.5 Å². The number of ether oxygens (including phenoxy) is 3. The Kier molecular flexibility index (Phi) is 8.65. The van der Waals surface area contributed by atoms with Crippen molar-refractivity contribution in [1.29, 1.82) is 0 Å². The van der Waals surface area contributed by atoms with Gasteiger partial charge in [-0.2, -0.15) is 0 Å². The van der Waals surface area contributed by atoms with Crippen molar-refractivity contribution < 1.29 is 14.2 Å². The first kappa shape index (κ1) is 22.1. The van der Waals surface area contributed by atoms with Gasteiger partial charge in [-0.3, -0.25) is 0 Å². The Labute approximate surface area is 170 Å². The number of anilines is 1. The van der Waals surface area contributed by atoms with Crippen LogP contribution in [0.4, 0.5) is 5.69 Å². The van der Waals surface area contributed by atoms with Crippen LogP contribution in [0.15, 0.2) is 48.5 Å². The van der Waals surface area contributed by atoms with Crippen LogP contribution in [0.3, 0.4) is 0 Å². The first-order chi connectivity index (χ1) is 13.4. The molecule has 2 unspecified atom stereocenters. The molecule has 0 aliphatic rings. The Bertz CT molecular complexity index is 700. The van der Waals surface area contributed by atoms with E-state index in [-0.39, 0.29) is 0 Å². The van der Waals surface area contributed by atoms with E-state index in [1.54, 1.807) is 0 Å². The first-order valence-corrected chi connectivity index (χ1v) is 10.2. The van der Waals surface area contributed by atoms with Gasteiger partial charge in [-0.05, 0) is 60.9 Å². The third-order valence-corrected chi connectivity index (χ3v) is 4.73. The molecule has 2 aromatic rings. The molecule has 0 amide bonds. The smallest absolute Gasteiger partial charge is 0.197 e. The van der Waals surface area contributed by atoms with Crippen molar-refractivity contribution in [3.05, 3.63) is 54.1 Å². The van der Waals surface area contributed by atoms with Crippen LogP contribution < -0.4 is 15.2 Å². The van der Waals surface area contributed by atoms with Crippen molar-refractivity contribution in [1.82, 2.24) is 0 Å². The molecule has 0 saturated heterocycles. The van der Waals surface area contributed by atoms with Crippen LogP contribution in [-0.4, -0.2) is 19.5 Å². The summed E-state index contributed by atoms with van der Waals surface area (Å²) in [6.45, 7) is 11.8. The van der Waals surface area contributed by atoms with Crippen LogP contribution in [0.2, 0.25) is 0 Å². The van der Waals surface area contributed by atoms with Crippen LogP contribution in [0.5, 0.6) is 11.5 Å². The van der Waals surface area contributed by atoms with E-state index in [1.165, 1.54) is 5.56 Å². The highest BCUT2D eigenvalue weighted by molar-refractivity contribution is 5.55.